The Bertz CT molecular complexity index is 582. The standard InChI is InChI=1S/C13H15Br2N3/c1-7(2)3-9-6-12(18-16)10-4-8(14)5-11(15)13(10)17-9/h4-7H,3,16H2,1-2H3,(H,17,18). The molecule has 0 unspecified atom stereocenters. The summed E-state index contributed by atoms with van der Waals surface area (Å²) < 4.78 is 1.96. The van der Waals surface area contributed by atoms with Gasteiger partial charge in [0.15, 0.2) is 0 Å². The molecule has 2 rings (SSSR count). The van der Waals surface area contributed by atoms with E-state index < -0.39 is 0 Å². The van der Waals surface area contributed by atoms with Gasteiger partial charge in [-0.05, 0) is 46.5 Å². The van der Waals surface area contributed by atoms with Crippen LogP contribution in [0.2, 0.25) is 0 Å². The first-order valence-electron chi connectivity index (χ1n) is 5.76. The topological polar surface area (TPSA) is 50.9 Å². The fourth-order valence-electron chi connectivity index (χ4n) is 1.95. The molecule has 0 radical (unpaired) electrons. The van der Waals surface area contributed by atoms with Crippen LogP contribution in [-0.2, 0) is 6.42 Å². The van der Waals surface area contributed by atoms with Gasteiger partial charge < -0.3 is 5.43 Å². The average Bonchev–Trinajstić information content (AvgIpc) is 2.28. The van der Waals surface area contributed by atoms with Crippen molar-refractivity contribution in [1.29, 1.82) is 0 Å². The van der Waals surface area contributed by atoms with Crippen molar-refractivity contribution < 1.29 is 0 Å². The molecule has 1 heterocycles. The maximum absolute atomic E-state index is 5.61. The van der Waals surface area contributed by atoms with E-state index in [1.54, 1.807) is 0 Å². The smallest absolute Gasteiger partial charge is 0.0869 e. The third kappa shape index (κ3) is 2.84. The van der Waals surface area contributed by atoms with Crippen LogP contribution in [0.5, 0.6) is 0 Å². The van der Waals surface area contributed by atoms with Gasteiger partial charge in [0, 0.05) is 20.0 Å². The highest BCUT2D eigenvalue weighted by Gasteiger charge is 2.10. The monoisotopic (exact) mass is 371 g/mol. The first-order chi connectivity index (χ1) is 8.51. The zero-order valence-corrected chi connectivity index (χ0v) is 13.5. The first kappa shape index (κ1) is 13.8. The largest absolute Gasteiger partial charge is 0.323 e. The van der Waals surface area contributed by atoms with Crippen molar-refractivity contribution in [3.63, 3.8) is 0 Å². The molecule has 0 saturated carbocycles. The van der Waals surface area contributed by atoms with Crippen LogP contribution in [0.25, 0.3) is 10.9 Å². The van der Waals surface area contributed by atoms with Gasteiger partial charge in [0.05, 0.1) is 11.2 Å². The number of benzene rings is 1. The van der Waals surface area contributed by atoms with Crippen molar-refractivity contribution >= 4 is 48.5 Å². The maximum Gasteiger partial charge on any atom is 0.0869 e. The summed E-state index contributed by atoms with van der Waals surface area (Å²) in [4.78, 5) is 4.70. The van der Waals surface area contributed by atoms with Gasteiger partial charge in [-0.2, -0.15) is 0 Å². The highest BCUT2D eigenvalue weighted by molar-refractivity contribution is 9.11. The van der Waals surface area contributed by atoms with Gasteiger partial charge >= 0.3 is 0 Å². The number of halogens is 2. The van der Waals surface area contributed by atoms with Gasteiger partial charge in [0.1, 0.15) is 0 Å². The van der Waals surface area contributed by atoms with E-state index in [9.17, 15) is 0 Å². The van der Waals surface area contributed by atoms with E-state index in [0.717, 1.165) is 37.7 Å². The summed E-state index contributed by atoms with van der Waals surface area (Å²) in [7, 11) is 0. The van der Waals surface area contributed by atoms with Crippen molar-refractivity contribution in [3.05, 3.63) is 32.8 Å². The lowest BCUT2D eigenvalue weighted by molar-refractivity contribution is 0.637. The van der Waals surface area contributed by atoms with Crippen LogP contribution in [0, 0.1) is 5.92 Å². The number of fused-ring (bicyclic) bond motifs is 1. The number of aromatic nitrogens is 1. The number of rotatable bonds is 3. The van der Waals surface area contributed by atoms with Crippen LogP contribution in [0.1, 0.15) is 19.5 Å². The number of nitrogens with one attached hydrogen (secondary N) is 1. The Kier molecular flexibility index (Phi) is 4.25. The van der Waals surface area contributed by atoms with Crippen molar-refractivity contribution in [1.82, 2.24) is 4.98 Å². The summed E-state index contributed by atoms with van der Waals surface area (Å²) in [5.41, 5.74) is 5.64. The molecule has 3 N–H and O–H groups in total. The van der Waals surface area contributed by atoms with Crippen LogP contribution in [0.15, 0.2) is 27.1 Å². The summed E-state index contributed by atoms with van der Waals surface area (Å²) in [5.74, 6) is 6.17. The molecule has 0 spiro atoms. The highest BCUT2D eigenvalue weighted by Crippen LogP contribution is 2.32. The van der Waals surface area contributed by atoms with E-state index in [0.29, 0.717) is 5.92 Å². The molecule has 5 heteroatoms. The minimum atomic E-state index is 0.565. The number of pyridine rings is 1. The fraction of sp³-hybridized carbons (Fsp3) is 0.308. The third-order valence-electron chi connectivity index (χ3n) is 2.66. The highest BCUT2D eigenvalue weighted by atomic mass is 79.9. The predicted molar refractivity (Wildman–Crippen MR) is 83.5 cm³/mol. The lowest BCUT2D eigenvalue weighted by Crippen LogP contribution is -2.09. The Morgan fingerprint density at radius 3 is 2.61 bits per heavy atom. The molecule has 3 nitrogen and oxygen atoms in total. The maximum atomic E-state index is 5.61. The van der Waals surface area contributed by atoms with Gasteiger partial charge in [-0.3, -0.25) is 10.8 Å². The van der Waals surface area contributed by atoms with Crippen molar-refractivity contribution in [2.24, 2.45) is 11.8 Å². The lowest BCUT2D eigenvalue weighted by Gasteiger charge is -2.12. The van der Waals surface area contributed by atoms with Gasteiger partial charge in [-0.15, -0.1) is 0 Å². The molecule has 0 fully saturated rings. The van der Waals surface area contributed by atoms with Crippen molar-refractivity contribution in [3.8, 4) is 0 Å². The van der Waals surface area contributed by atoms with E-state index >= 15 is 0 Å². The molecule has 0 amide bonds. The van der Waals surface area contributed by atoms with E-state index in [1.165, 1.54) is 0 Å². The number of hydrogen-bond acceptors (Lipinski definition) is 3. The Morgan fingerprint density at radius 2 is 2.00 bits per heavy atom. The molecule has 0 atom stereocenters. The Hall–Kier alpha value is -0.650. The number of anilines is 1. The average molecular weight is 373 g/mol. The summed E-state index contributed by atoms with van der Waals surface area (Å²) in [6.45, 7) is 4.36. The van der Waals surface area contributed by atoms with Gasteiger partial charge in [-0.25, -0.2) is 0 Å². The number of nitrogens with zero attached hydrogens (tertiary/aromatic N) is 1. The Labute approximate surface area is 123 Å². The van der Waals surface area contributed by atoms with Gasteiger partial charge in [0.25, 0.3) is 0 Å². The molecular weight excluding hydrogens is 358 g/mol. The number of hydrogen-bond donors (Lipinski definition) is 2. The van der Waals surface area contributed by atoms with Crippen LogP contribution < -0.4 is 11.3 Å². The van der Waals surface area contributed by atoms with Crippen molar-refractivity contribution in [2.75, 3.05) is 5.43 Å². The normalized spacial score (nSPS) is 11.2. The second kappa shape index (κ2) is 5.55. The number of nitrogens with two attached hydrogens (primary N) is 1. The molecule has 18 heavy (non-hydrogen) atoms. The SMILES string of the molecule is CC(C)Cc1cc(NN)c2cc(Br)cc(Br)c2n1. The summed E-state index contributed by atoms with van der Waals surface area (Å²) in [6.07, 6.45) is 0.938. The number of hydrazine groups is 1. The molecule has 0 bridgehead atoms. The number of nitrogen functional groups attached to an aromatic ring is 1. The summed E-state index contributed by atoms with van der Waals surface area (Å²) in [6, 6.07) is 6.03. The molecule has 2 aromatic rings. The van der Waals surface area contributed by atoms with E-state index in [4.69, 9.17) is 10.8 Å². The molecule has 0 aliphatic carbocycles. The lowest BCUT2D eigenvalue weighted by atomic mass is 10.1. The molecule has 0 aliphatic heterocycles. The molecule has 0 aliphatic rings. The minimum absolute atomic E-state index is 0.565. The quantitative estimate of drug-likeness (QED) is 0.625. The van der Waals surface area contributed by atoms with Gasteiger partial charge in [0.2, 0.25) is 0 Å². The van der Waals surface area contributed by atoms with E-state index in [2.05, 4.69) is 51.1 Å². The predicted octanol–water partition coefficient (Wildman–Crippen LogP) is 4.24. The summed E-state index contributed by atoms with van der Waals surface area (Å²) >= 11 is 7.03. The van der Waals surface area contributed by atoms with Crippen LogP contribution in [0.4, 0.5) is 5.69 Å². The van der Waals surface area contributed by atoms with Crippen LogP contribution >= 0.6 is 31.9 Å². The van der Waals surface area contributed by atoms with E-state index in [-0.39, 0.29) is 0 Å². The fourth-order valence-corrected chi connectivity index (χ4v) is 3.26. The van der Waals surface area contributed by atoms with Crippen molar-refractivity contribution in [2.45, 2.75) is 20.3 Å². The van der Waals surface area contributed by atoms with Gasteiger partial charge in [-0.1, -0.05) is 29.8 Å². The minimum Gasteiger partial charge on any atom is -0.323 e. The zero-order valence-electron chi connectivity index (χ0n) is 10.3. The second-order valence-corrected chi connectivity index (χ2v) is 6.46. The van der Waals surface area contributed by atoms with Crippen LogP contribution in [0.3, 0.4) is 0 Å². The molecular formula is C13H15Br2N3. The van der Waals surface area contributed by atoms with Crippen LogP contribution in [-0.4, -0.2) is 4.98 Å². The van der Waals surface area contributed by atoms with E-state index in [1.807, 2.05) is 18.2 Å². The molecule has 1 aromatic carbocycles. The molecule has 1 aromatic heterocycles. The summed E-state index contributed by atoms with van der Waals surface area (Å²) in [5, 5.41) is 1.01. The molecule has 96 valence electrons. The third-order valence-corrected chi connectivity index (χ3v) is 3.72. The first-order valence-corrected chi connectivity index (χ1v) is 7.35. The Morgan fingerprint density at radius 1 is 1.28 bits per heavy atom. The molecule has 0 saturated heterocycles. The zero-order chi connectivity index (χ0) is 13.3. The Balaban J connectivity index is 2.67. The second-order valence-electron chi connectivity index (χ2n) is 4.69.